The third-order valence-corrected chi connectivity index (χ3v) is 3.04. The Balaban J connectivity index is 2.64. The lowest BCUT2D eigenvalue weighted by Crippen LogP contribution is -2.52. The molecule has 17 heavy (non-hydrogen) atoms. The molecule has 4 nitrogen and oxygen atoms in total. The van der Waals surface area contributed by atoms with Gasteiger partial charge in [-0.25, -0.2) is 4.79 Å². The van der Waals surface area contributed by atoms with Crippen molar-refractivity contribution < 1.29 is 14.6 Å². The van der Waals surface area contributed by atoms with Gasteiger partial charge >= 0.3 is 6.09 Å². The van der Waals surface area contributed by atoms with Crippen LogP contribution < -0.4 is 0 Å². The van der Waals surface area contributed by atoms with Crippen LogP contribution in [0.5, 0.6) is 0 Å². The number of carbonyl (C=O) groups excluding carboxylic acids is 1. The summed E-state index contributed by atoms with van der Waals surface area (Å²) in [5.41, 5.74) is -1.26. The lowest BCUT2D eigenvalue weighted by atomic mass is 9.83. The summed E-state index contributed by atoms with van der Waals surface area (Å²) in [5.74, 6) is -0.108. The van der Waals surface area contributed by atoms with Crippen LogP contribution in [0.4, 0.5) is 4.79 Å². The average molecular weight is 241 g/mol. The largest absolute Gasteiger partial charge is 0.444 e. The molecule has 1 aliphatic heterocycles. The maximum atomic E-state index is 11.9. The van der Waals surface area contributed by atoms with Crippen molar-refractivity contribution in [1.29, 1.82) is 0 Å². The summed E-state index contributed by atoms with van der Waals surface area (Å²) >= 11 is 0. The highest BCUT2D eigenvalue weighted by atomic mass is 16.6. The highest BCUT2D eigenvalue weighted by Crippen LogP contribution is 2.29. The molecule has 1 amide bonds. The Kier molecular flexibility index (Phi) is 3.87. The summed E-state index contributed by atoms with van der Waals surface area (Å²) in [5, 5.41) is 10.1. The van der Waals surface area contributed by atoms with Crippen LogP contribution in [0.2, 0.25) is 0 Å². The molecule has 98 valence electrons. The van der Waals surface area contributed by atoms with E-state index in [1.165, 1.54) is 0 Å². The second-order valence-electron chi connectivity index (χ2n) is 5.88. The zero-order chi connectivity index (χ0) is 13.3. The minimum atomic E-state index is -0.778. The van der Waals surface area contributed by atoms with Crippen LogP contribution in [0.25, 0.3) is 0 Å². The fourth-order valence-electron chi connectivity index (χ4n) is 1.89. The number of amides is 1. The average Bonchev–Trinajstić information content (AvgIpc) is 2.14. The highest BCUT2D eigenvalue weighted by molar-refractivity contribution is 5.68. The van der Waals surface area contributed by atoms with Gasteiger partial charge in [-0.2, -0.15) is 0 Å². The second-order valence-corrected chi connectivity index (χ2v) is 5.88. The van der Waals surface area contributed by atoms with Gasteiger partial charge in [-0.3, -0.25) is 0 Å². The SMILES string of the molecule is C=C[C@@H]1CN(C(=O)OC(C)(C)C)CC[C@@]1(C)O. The number of hydrogen-bond donors (Lipinski definition) is 1. The van der Waals surface area contributed by atoms with Gasteiger partial charge in [0.1, 0.15) is 5.60 Å². The van der Waals surface area contributed by atoms with Crippen molar-refractivity contribution in [3.63, 3.8) is 0 Å². The Morgan fingerprint density at radius 3 is 2.65 bits per heavy atom. The normalized spacial score (nSPS) is 29.9. The van der Waals surface area contributed by atoms with Gasteiger partial charge in [0.2, 0.25) is 0 Å². The number of likely N-dealkylation sites (tertiary alicyclic amines) is 1. The van der Waals surface area contributed by atoms with E-state index in [2.05, 4.69) is 6.58 Å². The molecule has 0 aromatic heterocycles. The van der Waals surface area contributed by atoms with Gasteiger partial charge in [-0.15, -0.1) is 6.58 Å². The summed E-state index contributed by atoms with van der Waals surface area (Å²) in [6.45, 7) is 12.0. The zero-order valence-corrected chi connectivity index (χ0v) is 11.2. The molecule has 0 unspecified atom stereocenters. The van der Waals surface area contributed by atoms with Crippen molar-refractivity contribution in [3.8, 4) is 0 Å². The van der Waals surface area contributed by atoms with Gasteiger partial charge in [0.25, 0.3) is 0 Å². The molecule has 1 aliphatic rings. The molecule has 1 fully saturated rings. The Hall–Kier alpha value is -1.03. The van der Waals surface area contributed by atoms with Gasteiger partial charge in [-0.05, 0) is 34.1 Å². The number of nitrogens with zero attached hydrogens (tertiary/aromatic N) is 1. The Bertz CT molecular complexity index is 304. The van der Waals surface area contributed by atoms with E-state index >= 15 is 0 Å². The van der Waals surface area contributed by atoms with Gasteiger partial charge in [0.15, 0.2) is 0 Å². The van der Waals surface area contributed by atoms with Crippen LogP contribution in [0.1, 0.15) is 34.1 Å². The maximum Gasteiger partial charge on any atom is 0.410 e. The predicted molar refractivity (Wildman–Crippen MR) is 66.7 cm³/mol. The fourth-order valence-corrected chi connectivity index (χ4v) is 1.89. The molecule has 1 heterocycles. The van der Waals surface area contributed by atoms with Crippen LogP contribution in [-0.4, -0.2) is 40.4 Å². The first-order valence-electron chi connectivity index (χ1n) is 5.98. The fraction of sp³-hybridized carbons (Fsp3) is 0.769. The van der Waals surface area contributed by atoms with E-state index in [4.69, 9.17) is 4.74 Å². The molecule has 0 aromatic carbocycles. The lowest BCUT2D eigenvalue weighted by Gasteiger charge is -2.41. The van der Waals surface area contributed by atoms with Gasteiger partial charge in [0.05, 0.1) is 5.60 Å². The van der Waals surface area contributed by atoms with Crippen LogP contribution in [-0.2, 0) is 4.74 Å². The molecule has 0 spiro atoms. The summed E-state index contributed by atoms with van der Waals surface area (Å²) < 4.78 is 5.31. The second kappa shape index (κ2) is 4.69. The molecule has 0 aromatic rings. The Morgan fingerprint density at radius 2 is 2.18 bits per heavy atom. The number of hydrogen-bond acceptors (Lipinski definition) is 3. The van der Waals surface area contributed by atoms with Crippen LogP contribution in [0.15, 0.2) is 12.7 Å². The van der Waals surface area contributed by atoms with Crippen molar-refractivity contribution in [3.05, 3.63) is 12.7 Å². The van der Waals surface area contributed by atoms with Crippen LogP contribution in [0, 0.1) is 5.92 Å². The third kappa shape index (κ3) is 3.73. The smallest absolute Gasteiger partial charge is 0.410 e. The number of rotatable bonds is 1. The quantitative estimate of drug-likeness (QED) is 0.716. The molecule has 0 bridgehead atoms. The molecule has 0 saturated carbocycles. The molecule has 2 atom stereocenters. The Morgan fingerprint density at radius 1 is 1.59 bits per heavy atom. The van der Waals surface area contributed by atoms with E-state index in [0.717, 1.165) is 0 Å². The molecule has 1 saturated heterocycles. The number of piperidine rings is 1. The predicted octanol–water partition coefficient (Wildman–Crippen LogP) is 2.18. The van der Waals surface area contributed by atoms with Crippen molar-refractivity contribution >= 4 is 6.09 Å². The van der Waals surface area contributed by atoms with Gasteiger partial charge in [-0.1, -0.05) is 6.08 Å². The molecule has 0 radical (unpaired) electrons. The minimum Gasteiger partial charge on any atom is -0.444 e. The molecule has 4 heteroatoms. The van der Waals surface area contributed by atoms with Gasteiger partial charge < -0.3 is 14.7 Å². The first kappa shape index (κ1) is 14.0. The standard InChI is InChI=1S/C13H23NO3/c1-6-10-9-14(8-7-13(10,5)16)11(15)17-12(2,3)4/h6,10,16H,1,7-9H2,2-5H3/t10-,13-/m1/s1. The first-order chi connectivity index (χ1) is 7.65. The van der Waals surface area contributed by atoms with E-state index in [1.807, 2.05) is 20.8 Å². The summed E-state index contributed by atoms with van der Waals surface area (Å²) in [6, 6.07) is 0. The molecule has 0 aliphatic carbocycles. The van der Waals surface area contributed by atoms with Crippen LogP contribution in [0.3, 0.4) is 0 Å². The number of ether oxygens (including phenoxy) is 1. The van der Waals surface area contributed by atoms with E-state index in [1.54, 1.807) is 17.9 Å². The summed E-state index contributed by atoms with van der Waals surface area (Å²) in [4.78, 5) is 13.5. The molecule has 1 N–H and O–H groups in total. The van der Waals surface area contributed by atoms with E-state index < -0.39 is 11.2 Å². The highest BCUT2D eigenvalue weighted by Gasteiger charge is 2.38. The molecular weight excluding hydrogens is 218 g/mol. The van der Waals surface area contributed by atoms with Crippen LogP contribution >= 0.6 is 0 Å². The van der Waals surface area contributed by atoms with Crippen molar-refractivity contribution in [2.45, 2.75) is 45.3 Å². The number of aliphatic hydroxyl groups is 1. The summed E-state index contributed by atoms with van der Waals surface area (Å²) in [7, 11) is 0. The first-order valence-corrected chi connectivity index (χ1v) is 5.98. The van der Waals surface area contributed by atoms with Crippen molar-refractivity contribution in [1.82, 2.24) is 4.90 Å². The van der Waals surface area contributed by atoms with Crippen molar-refractivity contribution in [2.24, 2.45) is 5.92 Å². The van der Waals surface area contributed by atoms with E-state index in [-0.39, 0.29) is 12.0 Å². The Labute approximate surface area is 103 Å². The molecule has 1 rings (SSSR count). The lowest BCUT2D eigenvalue weighted by molar-refractivity contribution is -0.0464. The monoisotopic (exact) mass is 241 g/mol. The maximum absolute atomic E-state index is 11.9. The third-order valence-electron chi connectivity index (χ3n) is 3.04. The van der Waals surface area contributed by atoms with E-state index in [9.17, 15) is 9.90 Å². The van der Waals surface area contributed by atoms with Crippen molar-refractivity contribution in [2.75, 3.05) is 13.1 Å². The molecular formula is C13H23NO3. The minimum absolute atomic E-state index is 0.108. The number of carbonyl (C=O) groups is 1. The van der Waals surface area contributed by atoms with Gasteiger partial charge in [0, 0.05) is 19.0 Å². The van der Waals surface area contributed by atoms with E-state index in [0.29, 0.717) is 19.5 Å². The zero-order valence-electron chi connectivity index (χ0n) is 11.2. The topological polar surface area (TPSA) is 49.8 Å². The summed E-state index contributed by atoms with van der Waals surface area (Å²) in [6.07, 6.45) is 1.93.